The quantitative estimate of drug-likeness (QED) is 0.409. The first kappa shape index (κ1) is 26.2. The highest BCUT2D eigenvalue weighted by Crippen LogP contribution is 2.32. The van der Waals surface area contributed by atoms with Crippen molar-refractivity contribution in [1.82, 2.24) is 10.2 Å². The summed E-state index contributed by atoms with van der Waals surface area (Å²) in [6.45, 7) is 2.85. The summed E-state index contributed by atoms with van der Waals surface area (Å²) in [5, 5.41) is 2.59. The topological polar surface area (TPSA) is 107 Å². The Morgan fingerprint density at radius 2 is 1.72 bits per heavy atom. The maximum absolute atomic E-state index is 12.9. The first-order valence-corrected chi connectivity index (χ1v) is 13.5. The zero-order valence-corrected chi connectivity index (χ0v) is 22.3. The molecule has 0 saturated carbocycles. The number of hydrogen-bond acceptors (Lipinski definition) is 8. The van der Waals surface area contributed by atoms with Crippen LogP contribution in [-0.4, -0.2) is 66.3 Å². The minimum absolute atomic E-state index is 0.0767. The van der Waals surface area contributed by atoms with E-state index in [4.69, 9.17) is 18.6 Å². The fourth-order valence-electron chi connectivity index (χ4n) is 4.00. The number of ether oxygens (including phenoxy) is 3. The lowest BCUT2D eigenvalue weighted by Crippen LogP contribution is -2.43. The Balaban J connectivity index is 1.52. The molecule has 36 heavy (non-hydrogen) atoms. The molecule has 11 heteroatoms. The van der Waals surface area contributed by atoms with Gasteiger partial charge in [-0.05, 0) is 54.1 Å². The Hall–Kier alpha value is -2.86. The summed E-state index contributed by atoms with van der Waals surface area (Å²) in [4.78, 5) is 15.2. The number of amides is 1. The van der Waals surface area contributed by atoms with Crippen molar-refractivity contribution >= 4 is 31.7 Å². The SMILES string of the molecule is COc1ccc(C(CNC(=O)c2ccc(S(=O)(=O)c3ccc(Br)cc3)o2)N2CCOCC2)cc1OC. The summed E-state index contributed by atoms with van der Waals surface area (Å²) in [6, 6.07) is 14.3. The molecule has 1 saturated heterocycles. The van der Waals surface area contributed by atoms with E-state index in [9.17, 15) is 13.2 Å². The first-order valence-electron chi connectivity index (χ1n) is 11.3. The smallest absolute Gasteiger partial charge is 0.287 e. The van der Waals surface area contributed by atoms with Gasteiger partial charge in [-0.2, -0.15) is 0 Å². The van der Waals surface area contributed by atoms with Crippen molar-refractivity contribution in [3.8, 4) is 11.5 Å². The number of furan rings is 1. The molecule has 3 aromatic rings. The first-order chi connectivity index (χ1) is 17.3. The summed E-state index contributed by atoms with van der Waals surface area (Å²) >= 11 is 3.29. The lowest BCUT2D eigenvalue weighted by atomic mass is 10.0. The molecular formula is C25H27BrN2O7S. The van der Waals surface area contributed by atoms with Crippen LogP contribution in [0, 0.1) is 0 Å². The van der Waals surface area contributed by atoms with Crippen molar-refractivity contribution in [3.63, 3.8) is 0 Å². The highest BCUT2D eigenvalue weighted by Gasteiger charge is 2.27. The summed E-state index contributed by atoms with van der Waals surface area (Å²) < 4.78 is 48.3. The van der Waals surface area contributed by atoms with E-state index in [2.05, 4.69) is 26.1 Å². The molecule has 4 rings (SSSR count). The number of rotatable bonds is 9. The standard InChI is InChI=1S/C25H27BrN2O7S/c1-32-21-8-3-17(15-23(21)33-2)20(28-11-13-34-14-12-28)16-27-25(29)22-9-10-24(35-22)36(30,31)19-6-4-18(26)5-7-19/h3-10,15,20H,11-14,16H2,1-2H3,(H,27,29). The molecule has 1 unspecified atom stereocenters. The van der Waals surface area contributed by atoms with Gasteiger partial charge in [0, 0.05) is 24.1 Å². The number of morpholine rings is 1. The summed E-state index contributed by atoms with van der Waals surface area (Å²) in [5.41, 5.74) is 0.938. The average Bonchev–Trinajstić information content (AvgIpc) is 3.41. The lowest BCUT2D eigenvalue weighted by Gasteiger charge is -2.35. The molecule has 1 N–H and O–H groups in total. The number of halogens is 1. The molecule has 2 aromatic carbocycles. The molecule has 0 radical (unpaired) electrons. The van der Waals surface area contributed by atoms with E-state index in [1.807, 2.05) is 18.2 Å². The Kier molecular flexibility index (Phi) is 8.35. The van der Waals surface area contributed by atoms with Gasteiger partial charge < -0.3 is 23.9 Å². The van der Waals surface area contributed by atoms with Gasteiger partial charge in [-0.15, -0.1) is 0 Å². The van der Waals surface area contributed by atoms with Gasteiger partial charge in [0.05, 0.1) is 38.4 Å². The van der Waals surface area contributed by atoms with Crippen LogP contribution in [0.25, 0.3) is 0 Å². The van der Waals surface area contributed by atoms with Crippen molar-refractivity contribution < 1.29 is 31.8 Å². The Morgan fingerprint density at radius 1 is 1.03 bits per heavy atom. The summed E-state index contributed by atoms with van der Waals surface area (Å²) in [6.07, 6.45) is 0. The van der Waals surface area contributed by atoms with Crippen molar-refractivity contribution in [2.75, 3.05) is 47.1 Å². The number of hydrogen-bond donors (Lipinski definition) is 1. The van der Waals surface area contributed by atoms with E-state index in [1.54, 1.807) is 26.4 Å². The van der Waals surface area contributed by atoms with Crippen LogP contribution in [0.2, 0.25) is 0 Å². The van der Waals surface area contributed by atoms with E-state index >= 15 is 0 Å². The minimum atomic E-state index is -3.89. The maximum Gasteiger partial charge on any atom is 0.287 e. The molecule has 1 aliphatic rings. The molecule has 2 heterocycles. The van der Waals surface area contributed by atoms with Crippen LogP contribution in [0.3, 0.4) is 0 Å². The minimum Gasteiger partial charge on any atom is -0.493 e. The van der Waals surface area contributed by atoms with Crippen LogP contribution < -0.4 is 14.8 Å². The second kappa shape index (κ2) is 11.5. The number of carbonyl (C=O) groups is 1. The molecule has 1 aromatic heterocycles. The number of sulfone groups is 1. The molecule has 1 aliphatic heterocycles. The second-order valence-corrected chi connectivity index (χ2v) is 10.9. The molecule has 1 atom stereocenters. The van der Waals surface area contributed by atoms with Gasteiger partial charge >= 0.3 is 0 Å². The third kappa shape index (κ3) is 5.75. The number of nitrogens with one attached hydrogen (secondary N) is 1. The molecule has 192 valence electrons. The van der Waals surface area contributed by atoms with Gasteiger partial charge in [0.1, 0.15) is 0 Å². The predicted molar refractivity (Wildman–Crippen MR) is 135 cm³/mol. The molecular weight excluding hydrogens is 552 g/mol. The number of carbonyl (C=O) groups excluding carboxylic acids is 1. The lowest BCUT2D eigenvalue weighted by molar-refractivity contribution is 0.0161. The van der Waals surface area contributed by atoms with Gasteiger partial charge in [-0.25, -0.2) is 8.42 Å². The maximum atomic E-state index is 12.9. The zero-order valence-electron chi connectivity index (χ0n) is 19.9. The van der Waals surface area contributed by atoms with Crippen molar-refractivity contribution in [1.29, 1.82) is 0 Å². The summed E-state index contributed by atoms with van der Waals surface area (Å²) in [7, 11) is -0.741. The van der Waals surface area contributed by atoms with E-state index in [0.29, 0.717) is 37.8 Å². The molecule has 1 fully saturated rings. The van der Waals surface area contributed by atoms with Gasteiger partial charge in [0.2, 0.25) is 14.9 Å². The molecule has 0 bridgehead atoms. The number of benzene rings is 2. The molecule has 1 amide bonds. The normalized spacial score (nSPS) is 15.3. The number of methoxy groups -OCH3 is 2. The third-order valence-corrected chi connectivity index (χ3v) is 8.10. The van der Waals surface area contributed by atoms with Gasteiger partial charge in [0.15, 0.2) is 17.3 Å². The number of nitrogens with zero attached hydrogens (tertiary/aromatic N) is 1. The van der Waals surface area contributed by atoms with Crippen LogP contribution in [0.15, 0.2) is 73.5 Å². The van der Waals surface area contributed by atoms with E-state index in [-0.39, 0.29) is 28.3 Å². The van der Waals surface area contributed by atoms with Crippen LogP contribution in [0.1, 0.15) is 22.2 Å². The highest BCUT2D eigenvalue weighted by atomic mass is 79.9. The van der Waals surface area contributed by atoms with Crippen molar-refractivity contribution in [2.24, 2.45) is 0 Å². The molecule has 9 nitrogen and oxygen atoms in total. The van der Waals surface area contributed by atoms with Crippen molar-refractivity contribution in [2.45, 2.75) is 16.0 Å². The van der Waals surface area contributed by atoms with Crippen LogP contribution >= 0.6 is 15.9 Å². The van der Waals surface area contributed by atoms with Crippen LogP contribution in [0.4, 0.5) is 0 Å². The predicted octanol–water partition coefficient (Wildman–Crippen LogP) is 3.70. The van der Waals surface area contributed by atoms with E-state index in [0.717, 1.165) is 10.0 Å². The van der Waals surface area contributed by atoms with Crippen LogP contribution in [-0.2, 0) is 14.6 Å². The fraction of sp³-hybridized carbons (Fsp3) is 0.320. The largest absolute Gasteiger partial charge is 0.493 e. The van der Waals surface area contributed by atoms with Gasteiger partial charge in [0.25, 0.3) is 5.91 Å². The van der Waals surface area contributed by atoms with E-state index < -0.39 is 15.7 Å². The Labute approximate surface area is 218 Å². The monoisotopic (exact) mass is 578 g/mol. The molecule has 0 spiro atoms. The van der Waals surface area contributed by atoms with Crippen LogP contribution in [0.5, 0.6) is 11.5 Å². The zero-order chi connectivity index (χ0) is 25.7. The average molecular weight is 579 g/mol. The van der Waals surface area contributed by atoms with Crippen molar-refractivity contribution in [3.05, 3.63) is 70.4 Å². The summed E-state index contributed by atoms with van der Waals surface area (Å²) in [5.74, 6) is 0.610. The highest BCUT2D eigenvalue weighted by molar-refractivity contribution is 9.10. The van der Waals surface area contributed by atoms with E-state index in [1.165, 1.54) is 24.3 Å². The molecule has 0 aliphatic carbocycles. The Bertz CT molecular complexity index is 1300. The second-order valence-electron chi connectivity index (χ2n) is 8.06. The van der Waals surface area contributed by atoms with Gasteiger partial charge in [-0.3, -0.25) is 9.69 Å². The third-order valence-electron chi connectivity index (χ3n) is 5.93. The van der Waals surface area contributed by atoms with Gasteiger partial charge in [-0.1, -0.05) is 22.0 Å². The fourth-order valence-corrected chi connectivity index (χ4v) is 5.44. The Morgan fingerprint density at radius 3 is 2.39 bits per heavy atom.